The number of morpholine rings is 1. The van der Waals surface area contributed by atoms with Crippen LogP contribution < -0.4 is 5.32 Å². The van der Waals surface area contributed by atoms with Gasteiger partial charge in [-0.3, -0.25) is 4.90 Å². The summed E-state index contributed by atoms with van der Waals surface area (Å²) in [5.74, 6) is 1.60. The fourth-order valence-corrected chi connectivity index (χ4v) is 4.39. The fraction of sp³-hybridized carbons (Fsp3) is 0.478. The van der Waals surface area contributed by atoms with Crippen LogP contribution in [0.15, 0.2) is 36.4 Å². The molecule has 7 heteroatoms. The molecule has 0 amide bonds. The Hall–Kier alpha value is -2.48. The minimum Gasteiger partial charge on any atom is -0.393 e. The average molecular weight is 408 g/mol. The van der Waals surface area contributed by atoms with E-state index in [1.165, 1.54) is 0 Å². The van der Waals surface area contributed by atoms with Crippen LogP contribution in [0.5, 0.6) is 0 Å². The minimum atomic E-state index is -0.166. The van der Waals surface area contributed by atoms with Crippen LogP contribution in [0.25, 0.3) is 22.4 Å². The molecule has 0 bridgehead atoms. The maximum atomic E-state index is 9.84. The number of ether oxygens (including phenoxy) is 1. The second-order valence-electron chi connectivity index (χ2n) is 8.36. The van der Waals surface area contributed by atoms with E-state index in [2.05, 4.69) is 21.3 Å². The third-order valence-corrected chi connectivity index (χ3v) is 6.11. The number of aliphatic hydroxyl groups is 1. The molecule has 30 heavy (non-hydrogen) atoms. The van der Waals surface area contributed by atoms with Gasteiger partial charge in [0.05, 0.1) is 24.7 Å². The number of benzene rings is 1. The first-order chi connectivity index (χ1) is 14.7. The highest BCUT2D eigenvalue weighted by atomic mass is 16.5. The van der Waals surface area contributed by atoms with Crippen LogP contribution in [0.3, 0.4) is 0 Å². The normalized spacial score (nSPS) is 23.0. The second kappa shape index (κ2) is 8.71. The maximum absolute atomic E-state index is 9.84. The molecule has 2 aliphatic rings. The van der Waals surface area contributed by atoms with Gasteiger partial charge in [0.1, 0.15) is 11.5 Å². The van der Waals surface area contributed by atoms with E-state index in [0.29, 0.717) is 6.04 Å². The van der Waals surface area contributed by atoms with Gasteiger partial charge in [-0.15, -0.1) is 0 Å². The average Bonchev–Trinajstić information content (AvgIpc) is 3.19. The molecule has 2 aromatic heterocycles. The summed E-state index contributed by atoms with van der Waals surface area (Å²) in [5.41, 5.74) is 3.02. The summed E-state index contributed by atoms with van der Waals surface area (Å²) in [5, 5.41) is 14.5. The smallest absolute Gasteiger partial charge is 0.163 e. The first-order valence-corrected chi connectivity index (χ1v) is 10.9. The van der Waals surface area contributed by atoms with Crippen molar-refractivity contribution in [3.05, 3.63) is 42.1 Å². The molecule has 3 N–H and O–H groups in total. The Bertz CT molecular complexity index is 976. The molecule has 3 heterocycles. The standard InChI is InChI=1S/C23H29N5O2/c29-19-8-6-17(7-9-19)24-22-20-14-18(15-28-10-12-30-13-11-28)25-23(20)27-21(26-22)16-4-2-1-3-5-16/h1-5,14,17,19,29H,6-13,15H2,(H2,24,25,26,27). The van der Waals surface area contributed by atoms with Crippen LogP contribution in [0, 0.1) is 0 Å². The van der Waals surface area contributed by atoms with Gasteiger partial charge >= 0.3 is 0 Å². The molecule has 1 saturated heterocycles. The number of hydrogen-bond donors (Lipinski definition) is 3. The summed E-state index contributed by atoms with van der Waals surface area (Å²) in [6.07, 6.45) is 3.43. The van der Waals surface area contributed by atoms with Crippen LogP contribution in [-0.4, -0.2) is 63.4 Å². The molecule has 7 nitrogen and oxygen atoms in total. The van der Waals surface area contributed by atoms with Gasteiger partial charge < -0.3 is 20.1 Å². The molecular weight excluding hydrogens is 378 g/mol. The molecule has 5 rings (SSSR count). The van der Waals surface area contributed by atoms with Gasteiger partial charge in [0, 0.05) is 36.9 Å². The Morgan fingerprint density at radius 1 is 1.07 bits per heavy atom. The zero-order chi connectivity index (χ0) is 20.3. The summed E-state index contributed by atoms with van der Waals surface area (Å²) in [7, 11) is 0. The van der Waals surface area contributed by atoms with E-state index in [1.54, 1.807) is 0 Å². The fourth-order valence-electron chi connectivity index (χ4n) is 4.39. The number of aromatic nitrogens is 3. The van der Waals surface area contributed by atoms with Crippen LogP contribution >= 0.6 is 0 Å². The van der Waals surface area contributed by atoms with E-state index in [9.17, 15) is 5.11 Å². The lowest BCUT2D eigenvalue weighted by Crippen LogP contribution is -2.35. The summed E-state index contributed by atoms with van der Waals surface area (Å²) in [6, 6.07) is 12.6. The lowest BCUT2D eigenvalue weighted by atomic mass is 9.93. The highest BCUT2D eigenvalue weighted by molar-refractivity contribution is 5.89. The van der Waals surface area contributed by atoms with Gasteiger partial charge in [-0.05, 0) is 31.7 Å². The van der Waals surface area contributed by atoms with Gasteiger partial charge in [-0.25, -0.2) is 9.97 Å². The van der Waals surface area contributed by atoms with Gasteiger partial charge in [0.25, 0.3) is 0 Å². The molecule has 0 spiro atoms. The highest BCUT2D eigenvalue weighted by Crippen LogP contribution is 2.29. The lowest BCUT2D eigenvalue weighted by molar-refractivity contribution is 0.0337. The first-order valence-electron chi connectivity index (χ1n) is 10.9. The molecule has 3 aromatic rings. The van der Waals surface area contributed by atoms with Crippen LogP contribution in [0.4, 0.5) is 5.82 Å². The van der Waals surface area contributed by atoms with Crippen molar-refractivity contribution in [2.24, 2.45) is 0 Å². The second-order valence-corrected chi connectivity index (χ2v) is 8.36. The monoisotopic (exact) mass is 407 g/mol. The predicted molar refractivity (Wildman–Crippen MR) is 117 cm³/mol. The molecule has 0 atom stereocenters. The van der Waals surface area contributed by atoms with E-state index in [-0.39, 0.29) is 6.10 Å². The van der Waals surface area contributed by atoms with E-state index in [0.717, 1.165) is 92.5 Å². The third kappa shape index (κ3) is 4.33. The third-order valence-electron chi connectivity index (χ3n) is 6.11. The van der Waals surface area contributed by atoms with Crippen LogP contribution in [0.1, 0.15) is 31.4 Å². The Morgan fingerprint density at radius 3 is 2.60 bits per heavy atom. The number of fused-ring (bicyclic) bond motifs is 1. The number of nitrogens with one attached hydrogen (secondary N) is 2. The Kier molecular flexibility index (Phi) is 5.66. The van der Waals surface area contributed by atoms with Gasteiger partial charge in [0.2, 0.25) is 0 Å². The molecule has 1 aliphatic heterocycles. The number of aliphatic hydroxyl groups excluding tert-OH is 1. The number of rotatable bonds is 5. The number of H-pyrrole nitrogens is 1. The molecule has 0 unspecified atom stereocenters. The molecule has 1 aliphatic carbocycles. The Morgan fingerprint density at radius 2 is 1.83 bits per heavy atom. The number of anilines is 1. The van der Waals surface area contributed by atoms with Crippen molar-refractivity contribution in [3.63, 3.8) is 0 Å². The molecular formula is C23H29N5O2. The quantitative estimate of drug-likeness (QED) is 0.602. The molecule has 1 aromatic carbocycles. The van der Waals surface area contributed by atoms with Crippen molar-refractivity contribution in [1.82, 2.24) is 19.9 Å². The van der Waals surface area contributed by atoms with Crippen molar-refractivity contribution >= 4 is 16.9 Å². The largest absolute Gasteiger partial charge is 0.393 e. The molecule has 1 saturated carbocycles. The van der Waals surface area contributed by atoms with Crippen molar-refractivity contribution in [1.29, 1.82) is 0 Å². The zero-order valence-electron chi connectivity index (χ0n) is 17.2. The van der Waals surface area contributed by atoms with Crippen LogP contribution in [-0.2, 0) is 11.3 Å². The Labute approximate surface area is 176 Å². The van der Waals surface area contributed by atoms with Crippen molar-refractivity contribution in [3.8, 4) is 11.4 Å². The molecule has 158 valence electrons. The van der Waals surface area contributed by atoms with Gasteiger partial charge in [-0.1, -0.05) is 30.3 Å². The Balaban J connectivity index is 1.47. The minimum absolute atomic E-state index is 0.166. The van der Waals surface area contributed by atoms with E-state index >= 15 is 0 Å². The summed E-state index contributed by atoms with van der Waals surface area (Å²) >= 11 is 0. The topological polar surface area (TPSA) is 86.3 Å². The number of aromatic amines is 1. The summed E-state index contributed by atoms with van der Waals surface area (Å²) in [4.78, 5) is 15.7. The lowest BCUT2D eigenvalue weighted by Gasteiger charge is -2.27. The van der Waals surface area contributed by atoms with Crippen molar-refractivity contribution in [2.45, 2.75) is 44.4 Å². The summed E-state index contributed by atoms with van der Waals surface area (Å²) < 4.78 is 5.47. The van der Waals surface area contributed by atoms with E-state index < -0.39 is 0 Å². The SMILES string of the molecule is OC1CCC(Nc2nc(-c3ccccc3)nc3[nH]c(CN4CCOCC4)cc23)CC1. The van der Waals surface area contributed by atoms with Crippen molar-refractivity contribution in [2.75, 3.05) is 31.6 Å². The van der Waals surface area contributed by atoms with Gasteiger partial charge in [0.15, 0.2) is 5.82 Å². The number of hydrogen-bond acceptors (Lipinski definition) is 6. The van der Waals surface area contributed by atoms with E-state index in [1.807, 2.05) is 30.3 Å². The zero-order valence-corrected chi connectivity index (χ0v) is 17.2. The number of nitrogens with zero attached hydrogens (tertiary/aromatic N) is 3. The molecule has 0 radical (unpaired) electrons. The highest BCUT2D eigenvalue weighted by Gasteiger charge is 2.22. The predicted octanol–water partition coefficient (Wildman–Crippen LogP) is 3.17. The summed E-state index contributed by atoms with van der Waals surface area (Å²) in [6.45, 7) is 4.34. The van der Waals surface area contributed by atoms with E-state index in [4.69, 9.17) is 14.7 Å². The van der Waals surface area contributed by atoms with Crippen LogP contribution in [0.2, 0.25) is 0 Å². The van der Waals surface area contributed by atoms with Crippen molar-refractivity contribution < 1.29 is 9.84 Å². The maximum Gasteiger partial charge on any atom is 0.163 e. The van der Waals surface area contributed by atoms with Gasteiger partial charge in [-0.2, -0.15) is 0 Å². The first kappa shape index (κ1) is 19.5. The molecule has 2 fully saturated rings.